The minimum Gasteiger partial charge on any atom is -0.467 e. The van der Waals surface area contributed by atoms with Crippen LogP contribution in [0.25, 0.3) is 0 Å². The Labute approximate surface area is 224 Å². The summed E-state index contributed by atoms with van der Waals surface area (Å²) in [4.78, 5) is 39.3. The molecule has 1 aromatic heterocycles. The molecule has 0 fully saturated rings. The third kappa shape index (κ3) is 5.28. The molecule has 4 aromatic rings. The van der Waals surface area contributed by atoms with Gasteiger partial charge in [0.05, 0.1) is 17.5 Å². The smallest absolute Gasteiger partial charge is 0.339 e. The van der Waals surface area contributed by atoms with Gasteiger partial charge in [0.1, 0.15) is 11.8 Å². The van der Waals surface area contributed by atoms with E-state index in [0.717, 1.165) is 11.1 Å². The monoisotopic (exact) mass is 526 g/mol. The fraction of sp³-hybridized carbons (Fsp3) is 0.133. The summed E-state index contributed by atoms with van der Waals surface area (Å²) in [5, 5.41) is 6.39. The third-order valence-electron chi connectivity index (χ3n) is 6.25. The highest BCUT2D eigenvalue weighted by Crippen LogP contribution is 2.33. The minimum absolute atomic E-state index is 0.0836. The summed E-state index contributed by atoms with van der Waals surface area (Å²) in [6.07, 6.45) is 1.95. The molecule has 190 valence electrons. The quantitative estimate of drug-likeness (QED) is 0.217. The van der Waals surface area contributed by atoms with Crippen LogP contribution in [0.2, 0.25) is 5.02 Å². The molecule has 0 radical (unpaired) electrons. The lowest BCUT2D eigenvalue weighted by Crippen LogP contribution is -2.31. The number of aryl methyl sites for hydroxylation is 1. The van der Waals surface area contributed by atoms with Crippen LogP contribution in [0, 0.1) is 6.92 Å². The van der Waals surface area contributed by atoms with Crippen molar-refractivity contribution < 1.29 is 23.5 Å². The van der Waals surface area contributed by atoms with E-state index in [2.05, 4.69) is 5.10 Å². The molecule has 0 aliphatic carbocycles. The summed E-state index contributed by atoms with van der Waals surface area (Å²) in [6.45, 7) is 1.37. The Kier molecular flexibility index (Phi) is 7.20. The lowest BCUT2D eigenvalue weighted by molar-refractivity contribution is -0.136. The van der Waals surface area contributed by atoms with Crippen molar-refractivity contribution in [1.82, 2.24) is 5.01 Å². The molecule has 1 amide bonds. The molecule has 0 unspecified atom stereocenters. The molecule has 1 atom stereocenters. The third-order valence-corrected chi connectivity index (χ3v) is 6.50. The molecule has 2 heterocycles. The number of hydrogen-bond donors (Lipinski definition) is 0. The summed E-state index contributed by atoms with van der Waals surface area (Å²) < 4.78 is 10.9. The van der Waals surface area contributed by atoms with Crippen LogP contribution in [0.1, 0.15) is 55.6 Å². The van der Waals surface area contributed by atoms with Crippen molar-refractivity contribution in [1.29, 1.82) is 0 Å². The van der Waals surface area contributed by atoms with Crippen LogP contribution in [0.15, 0.2) is 101 Å². The minimum atomic E-state index is -0.773. The number of esters is 1. The number of hydrazone groups is 1. The Hall–Kier alpha value is -4.49. The van der Waals surface area contributed by atoms with Crippen molar-refractivity contribution in [3.63, 3.8) is 0 Å². The van der Waals surface area contributed by atoms with Crippen molar-refractivity contribution in [2.24, 2.45) is 5.10 Å². The fourth-order valence-electron chi connectivity index (χ4n) is 4.25. The summed E-state index contributed by atoms with van der Waals surface area (Å²) in [7, 11) is 0. The van der Waals surface area contributed by atoms with E-state index in [-0.39, 0.29) is 16.9 Å². The van der Waals surface area contributed by atoms with Gasteiger partial charge in [0.25, 0.3) is 5.91 Å². The van der Waals surface area contributed by atoms with Gasteiger partial charge in [0, 0.05) is 22.6 Å². The number of carbonyl (C=O) groups excluding carboxylic acids is 3. The van der Waals surface area contributed by atoms with E-state index in [4.69, 9.17) is 20.8 Å². The zero-order valence-electron chi connectivity index (χ0n) is 20.5. The van der Waals surface area contributed by atoms with E-state index in [1.807, 2.05) is 31.2 Å². The topological polar surface area (TPSA) is 89.2 Å². The first-order valence-corrected chi connectivity index (χ1v) is 12.3. The number of benzene rings is 3. The van der Waals surface area contributed by atoms with Crippen LogP contribution in [0.5, 0.6) is 0 Å². The molecular formula is C30H23ClN2O5. The number of ketones is 1. The SMILES string of the molecule is Cc1ccc(C(=O)c2ccccc2C(=O)OCC(=O)N2N=C(c3ccc(Cl)cc3)C[C@@H]2c2ccco2)cc1. The number of hydrogen-bond acceptors (Lipinski definition) is 6. The van der Waals surface area contributed by atoms with Gasteiger partial charge in [-0.1, -0.05) is 71.8 Å². The van der Waals surface area contributed by atoms with Crippen LogP contribution >= 0.6 is 11.6 Å². The van der Waals surface area contributed by atoms with Crippen LogP contribution in [0.3, 0.4) is 0 Å². The standard InChI is InChI=1S/C30H23ClN2O5/c1-19-8-10-21(11-9-19)29(35)23-5-2-3-6-24(23)30(36)38-18-28(34)33-26(27-7-4-16-37-27)17-25(32-33)20-12-14-22(31)15-13-20/h2-16,26H,17-18H2,1H3/t26-/m1/s1. The molecular weight excluding hydrogens is 504 g/mol. The van der Waals surface area contributed by atoms with E-state index in [1.54, 1.807) is 54.6 Å². The van der Waals surface area contributed by atoms with Crippen LogP contribution in [-0.2, 0) is 9.53 Å². The van der Waals surface area contributed by atoms with Gasteiger partial charge in [0.15, 0.2) is 12.4 Å². The van der Waals surface area contributed by atoms with Gasteiger partial charge in [-0.25, -0.2) is 9.80 Å². The van der Waals surface area contributed by atoms with E-state index in [0.29, 0.717) is 28.5 Å². The molecule has 0 saturated carbocycles. The van der Waals surface area contributed by atoms with Gasteiger partial charge in [-0.3, -0.25) is 9.59 Å². The van der Waals surface area contributed by atoms with Gasteiger partial charge in [0.2, 0.25) is 0 Å². The molecule has 0 N–H and O–H groups in total. The van der Waals surface area contributed by atoms with Gasteiger partial charge in [-0.05, 0) is 42.8 Å². The van der Waals surface area contributed by atoms with E-state index < -0.39 is 24.5 Å². The Bertz CT molecular complexity index is 1510. The molecule has 7 nitrogen and oxygen atoms in total. The summed E-state index contributed by atoms with van der Waals surface area (Å²) in [5.74, 6) is -1.04. The predicted octanol–water partition coefficient (Wildman–Crippen LogP) is 6.01. The van der Waals surface area contributed by atoms with E-state index in [9.17, 15) is 14.4 Å². The zero-order valence-corrected chi connectivity index (χ0v) is 21.2. The molecule has 0 saturated heterocycles. The van der Waals surface area contributed by atoms with Crippen LogP contribution in [-0.4, -0.2) is 35.0 Å². The first kappa shape index (κ1) is 25.2. The van der Waals surface area contributed by atoms with Gasteiger partial charge >= 0.3 is 5.97 Å². The Balaban J connectivity index is 1.33. The number of rotatable bonds is 7. The second-order valence-corrected chi connectivity index (χ2v) is 9.28. The summed E-state index contributed by atoms with van der Waals surface area (Å²) in [6, 6.07) is 23.6. The maximum Gasteiger partial charge on any atom is 0.339 e. The van der Waals surface area contributed by atoms with E-state index >= 15 is 0 Å². The lowest BCUT2D eigenvalue weighted by atomic mass is 9.98. The number of ether oxygens (including phenoxy) is 1. The second kappa shape index (κ2) is 10.9. The first-order valence-electron chi connectivity index (χ1n) is 12.0. The van der Waals surface area contributed by atoms with Crippen molar-refractivity contribution in [2.75, 3.05) is 6.61 Å². The van der Waals surface area contributed by atoms with Crippen molar-refractivity contribution in [2.45, 2.75) is 19.4 Å². The normalized spacial score (nSPS) is 14.7. The number of amides is 1. The first-order chi connectivity index (χ1) is 18.4. The van der Waals surface area contributed by atoms with Crippen molar-refractivity contribution >= 4 is 35.0 Å². The molecule has 38 heavy (non-hydrogen) atoms. The number of carbonyl (C=O) groups is 3. The molecule has 0 spiro atoms. The molecule has 8 heteroatoms. The number of halogens is 1. The average molecular weight is 527 g/mol. The maximum absolute atomic E-state index is 13.2. The van der Waals surface area contributed by atoms with Crippen LogP contribution in [0.4, 0.5) is 0 Å². The largest absolute Gasteiger partial charge is 0.467 e. The molecule has 0 bridgehead atoms. The van der Waals surface area contributed by atoms with Gasteiger partial charge in [-0.15, -0.1) is 0 Å². The predicted molar refractivity (Wildman–Crippen MR) is 142 cm³/mol. The highest BCUT2D eigenvalue weighted by Gasteiger charge is 2.35. The summed E-state index contributed by atoms with van der Waals surface area (Å²) in [5.41, 5.74) is 3.25. The summed E-state index contributed by atoms with van der Waals surface area (Å²) >= 11 is 6.01. The van der Waals surface area contributed by atoms with Crippen molar-refractivity contribution in [3.05, 3.63) is 130 Å². The average Bonchev–Trinajstić information content (AvgIpc) is 3.63. The van der Waals surface area contributed by atoms with E-state index in [1.165, 1.54) is 17.3 Å². The molecule has 1 aliphatic rings. The molecule has 1 aliphatic heterocycles. The lowest BCUT2D eigenvalue weighted by Gasteiger charge is -2.19. The number of furan rings is 1. The highest BCUT2D eigenvalue weighted by molar-refractivity contribution is 6.30. The number of nitrogens with zero attached hydrogens (tertiary/aromatic N) is 2. The van der Waals surface area contributed by atoms with Crippen LogP contribution < -0.4 is 0 Å². The Morgan fingerprint density at radius 3 is 2.34 bits per heavy atom. The molecule has 3 aromatic carbocycles. The Morgan fingerprint density at radius 2 is 1.66 bits per heavy atom. The molecule has 5 rings (SSSR count). The van der Waals surface area contributed by atoms with Gasteiger partial charge in [-0.2, -0.15) is 5.10 Å². The van der Waals surface area contributed by atoms with Crippen molar-refractivity contribution in [3.8, 4) is 0 Å². The van der Waals surface area contributed by atoms with Gasteiger partial charge < -0.3 is 9.15 Å². The fourth-order valence-corrected chi connectivity index (χ4v) is 4.38. The highest BCUT2D eigenvalue weighted by atomic mass is 35.5. The second-order valence-electron chi connectivity index (χ2n) is 8.84. The Morgan fingerprint density at radius 1 is 0.947 bits per heavy atom. The maximum atomic E-state index is 13.2. The zero-order chi connectivity index (χ0) is 26.6.